The molecule has 0 aliphatic carbocycles. The van der Waals surface area contributed by atoms with Crippen molar-refractivity contribution in [2.75, 3.05) is 11.5 Å². The van der Waals surface area contributed by atoms with Gasteiger partial charge in [-0.1, -0.05) is 35.9 Å². The van der Waals surface area contributed by atoms with Gasteiger partial charge < -0.3 is 9.47 Å². The van der Waals surface area contributed by atoms with Crippen molar-refractivity contribution >= 4 is 35.3 Å². The Morgan fingerprint density at radius 3 is 2.30 bits per heavy atom. The fourth-order valence-electron chi connectivity index (χ4n) is 3.63. The van der Waals surface area contributed by atoms with Gasteiger partial charge in [0.2, 0.25) is 0 Å². The third-order valence-corrected chi connectivity index (χ3v) is 5.51. The molecule has 10 heteroatoms. The number of rotatable bonds is 8. The SMILES string of the molecule is CCOc1cc(/C=C2\C(=O)NC(=O)N(c3ccc([N+](=O)[O-])cc3)C2=O)ccc1OCc1ccc(C)cc1. The maximum Gasteiger partial charge on any atom is 0.335 e. The van der Waals surface area contributed by atoms with Gasteiger partial charge in [0.05, 0.1) is 17.2 Å². The molecule has 0 saturated carbocycles. The zero-order valence-electron chi connectivity index (χ0n) is 20.1. The molecule has 4 amide bonds. The van der Waals surface area contributed by atoms with Crippen LogP contribution in [0.2, 0.25) is 0 Å². The van der Waals surface area contributed by atoms with E-state index in [0.29, 0.717) is 30.3 Å². The Balaban J connectivity index is 1.60. The summed E-state index contributed by atoms with van der Waals surface area (Å²) in [6.07, 6.45) is 1.34. The Kier molecular flexibility index (Phi) is 7.28. The van der Waals surface area contributed by atoms with Gasteiger partial charge in [0.1, 0.15) is 12.2 Å². The Bertz CT molecular complexity index is 1400. The maximum atomic E-state index is 13.1. The van der Waals surface area contributed by atoms with Gasteiger partial charge in [-0.25, -0.2) is 9.69 Å². The minimum Gasteiger partial charge on any atom is -0.490 e. The van der Waals surface area contributed by atoms with Crippen molar-refractivity contribution in [3.05, 3.63) is 99.1 Å². The molecule has 0 aromatic heterocycles. The van der Waals surface area contributed by atoms with E-state index in [1.807, 2.05) is 38.1 Å². The van der Waals surface area contributed by atoms with E-state index in [1.54, 1.807) is 18.2 Å². The summed E-state index contributed by atoms with van der Waals surface area (Å²) in [4.78, 5) is 49.1. The second kappa shape index (κ2) is 10.7. The van der Waals surface area contributed by atoms with Crippen LogP contribution in [0.15, 0.2) is 72.3 Å². The van der Waals surface area contributed by atoms with Gasteiger partial charge in [0, 0.05) is 12.1 Å². The molecule has 1 heterocycles. The molecule has 4 rings (SSSR count). The van der Waals surface area contributed by atoms with Crippen molar-refractivity contribution in [1.82, 2.24) is 5.32 Å². The summed E-state index contributed by atoms with van der Waals surface area (Å²) >= 11 is 0. The molecule has 1 fully saturated rings. The van der Waals surface area contributed by atoms with Crippen molar-refractivity contribution in [3.63, 3.8) is 0 Å². The first-order valence-corrected chi connectivity index (χ1v) is 11.4. The van der Waals surface area contributed by atoms with Gasteiger partial charge in [-0.3, -0.25) is 25.0 Å². The molecule has 0 unspecified atom stereocenters. The number of carbonyl (C=O) groups is 3. The number of nitrogens with zero attached hydrogens (tertiary/aromatic N) is 2. The summed E-state index contributed by atoms with van der Waals surface area (Å²) in [5.41, 5.74) is 2.21. The highest BCUT2D eigenvalue weighted by atomic mass is 16.6. The standard InChI is InChI=1S/C27H23N3O7/c1-3-36-24-15-19(8-13-23(24)37-16-18-6-4-17(2)5-7-18)14-22-25(31)28-27(33)29(26(22)32)20-9-11-21(12-10-20)30(34)35/h4-15H,3,16H2,1-2H3,(H,28,31,33)/b22-14+. The van der Waals surface area contributed by atoms with E-state index >= 15 is 0 Å². The third kappa shape index (κ3) is 5.64. The Morgan fingerprint density at radius 2 is 1.65 bits per heavy atom. The Hall–Kier alpha value is -4.99. The van der Waals surface area contributed by atoms with Gasteiger partial charge in [-0.05, 0) is 55.3 Å². The molecule has 0 radical (unpaired) electrons. The number of non-ortho nitro benzene ring substituents is 1. The van der Waals surface area contributed by atoms with Crippen LogP contribution in [0.5, 0.6) is 11.5 Å². The lowest BCUT2D eigenvalue weighted by molar-refractivity contribution is -0.384. The van der Waals surface area contributed by atoms with E-state index in [1.165, 1.54) is 30.3 Å². The normalized spacial score (nSPS) is 14.5. The largest absolute Gasteiger partial charge is 0.490 e. The zero-order valence-corrected chi connectivity index (χ0v) is 20.1. The van der Waals surface area contributed by atoms with Crippen molar-refractivity contribution < 1.29 is 28.8 Å². The highest BCUT2D eigenvalue weighted by molar-refractivity contribution is 6.39. The molecule has 188 valence electrons. The molecule has 1 aliphatic rings. The van der Waals surface area contributed by atoms with E-state index < -0.39 is 22.8 Å². The maximum absolute atomic E-state index is 13.1. The highest BCUT2D eigenvalue weighted by Gasteiger charge is 2.37. The van der Waals surface area contributed by atoms with E-state index in [4.69, 9.17) is 9.47 Å². The average molecular weight is 501 g/mol. The van der Waals surface area contributed by atoms with Crippen molar-refractivity contribution in [2.45, 2.75) is 20.5 Å². The molecule has 1 N–H and O–H groups in total. The first kappa shape index (κ1) is 25.1. The molecule has 37 heavy (non-hydrogen) atoms. The van der Waals surface area contributed by atoms with Gasteiger partial charge in [-0.2, -0.15) is 0 Å². The summed E-state index contributed by atoms with van der Waals surface area (Å²) in [7, 11) is 0. The number of nitro benzene ring substituents is 1. The van der Waals surface area contributed by atoms with Crippen LogP contribution in [0.4, 0.5) is 16.2 Å². The zero-order chi connectivity index (χ0) is 26.5. The lowest BCUT2D eigenvalue weighted by Gasteiger charge is -2.26. The number of nitro groups is 1. The van der Waals surface area contributed by atoms with Crippen LogP contribution in [0.3, 0.4) is 0 Å². The molecule has 1 saturated heterocycles. The number of hydrogen-bond donors (Lipinski definition) is 1. The quantitative estimate of drug-likeness (QED) is 0.208. The minimum atomic E-state index is -0.948. The number of urea groups is 1. The fraction of sp³-hybridized carbons (Fsp3) is 0.148. The molecule has 10 nitrogen and oxygen atoms in total. The molecule has 0 spiro atoms. The highest BCUT2D eigenvalue weighted by Crippen LogP contribution is 2.31. The summed E-state index contributed by atoms with van der Waals surface area (Å²) in [6.45, 7) is 4.51. The van der Waals surface area contributed by atoms with E-state index in [2.05, 4.69) is 5.32 Å². The molecular weight excluding hydrogens is 478 g/mol. The Morgan fingerprint density at radius 1 is 0.946 bits per heavy atom. The third-order valence-electron chi connectivity index (χ3n) is 5.51. The smallest absolute Gasteiger partial charge is 0.335 e. The molecule has 3 aromatic rings. The van der Waals surface area contributed by atoms with Gasteiger partial charge in [0.25, 0.3) is 17.5 Å². The lowest BCUT2D eigenvalue weighted by atomic mass is 10.1. The van der Waals surface area contributed by atoms with Gasteiger partial charge in [-0.15, -0.1) is 0 Å². The van der Waals surface area contributed by atoms with Crippen LogP contribution in [0.1, 0.15) is 23.6 Å². The summed E-state index contributed by atoms with van der Waals surface area (Å²) in [5, 5.41) is 13.0. The number of aryl methyl sites for hydroxylation is 1. The minimum absolute atomic E-state index is 0.0846. The first-order chi connectivity index (χ1) is 17.8. The number of nitrogens with one attached hydrogen (secondary N) is 1. The van der Waals surface area contributed by atoms with Crippen molar-refractivity contribution in [2.24, 2.45) is 0 Å². The monoisotopic (exact) mass is 501 g/mol. The van der Waals surface area contributed by atoms with Crippen molar-refractivity contribution in [1.29, 1.82) is 0 Å². The van der Waals surface area contributed by atoms with Crippen molar-refractivity contribution in [3.8, 4) is 11.5 Å². The van der Waals surface area contributed by atoms with E-state index in [0.717, 1.165) is 16.0 Å². The summed E-state index contributed by atoms with van der Waals surface area (Å²) in [6, 6.07) is 16.8. The Labute approximate surface area is 212 Å². The molecule has 1 aliphatic heterocycles. The van der Waals surface area contributed by atoms with Crippen LogP contribution < -0.4 is 19.7 Å². The second-order valence-corrected chi connectivity index (χ2v) is 8.14. The molecular formula is C27H23N3O7. The predicted molar refractivity (Wildman–Crippen MR) is 135 cm³/mol. The number of hydrogen-bond acceptors (Lipinski definition) is 7. The summed E-state index contributed by atoms with van der Waals surface area (Å²) in [5.74, 6) is -0.798. The van der Waals surface area contributed by atoms with Crippen LogP contribution in [-0.4, -0.2) is 29.4 Å². The van der Waals surface area contributed by atoms with E-state index in [-0.39, 0.29) is 16.9 Å². The van der Waals surface area contributed by atoms with Gasteiger partial charge in [0.15, 0.2) is 11.5 Å². The van der Waals surface area contributed by atoms with Crippen LogP contribution in [0, 0.1) is 17.0 Å². The average Bonchev–Trinajstić information content (AvgIpc) is 2.87. The molecule has 0 bridgehead atoms. The topological polar surface area (TPSA) is 128 Å². The number of amides is 4. The number of anilines is 1. The molecule has 0 atom stereocenters. The van der Waals surface area contributed by atoms with Crippen LogP contribution in [-0.2, 0) is 16.2 Å². The second-order valence-electron chi connectivity index (χ2n) is 8.14. The number of barbiturate groups is 1. The number of carbonyl (C=O) groups excluding carboxylic acids is 3. The number of imide groups is 2. The summed E-state index contributed by atoms with van der Waals surface area (Å²) < 4.78 is 11.6. The first-order valence-electron chi connectivity index (χ1n) is 11.4. The van der Waals surface area contributed by atoms with Gasteiger partial charge >= 0.3 is 6.03 Å². The lowest BCUT2D eigenvalue weighted by Crippen LogP contribution is -2.54. The predicted octanol–water partition coefficient (Wildman–Crippen LogP) is 4.55. The number of benzene rings is 3. The van der Waals surface area contributed by atoms with Crippen LogP contribution in [0.25, 0.3) is 6.08 Å². The number of ether oxygens (including phenoxy) is 2. The van der Waals surface area contributed by atoms with Crippen LogP contribution >= 0.6 is 0 Å². The fourth-order valence-corrected chi connectivity index (χ4v) is 3.63. The molecule has 3 aromatic carbocycles. The van der Waals surface area contributed by atoms with E-state index in [9.17, 15) is 24.5 Å².